The van der Waals surface area contributed by atoms with Crippen molar-refractivity contribution in [1.82, 2.24) is 10.2 Å². The number of rotatable bonds is 0. The Morgan fingerprint density at radius 2 is 2.33 bits per heavy atom. The fourth-order valence-corrected chi connectivity index (χ4v) is 2.09. The van der Waals surface area contributed by atoms with Crippen molar-refractivity contribution in [1.29, 1.82) is 0 Å². The van der Waals surface area contributed by atoms with Crippen LogP contribution in [0.1, 0.15) is 17.2 Å². The molecule has 0 spiro atoms. The summed E-state index contributed by atoms with van der Waals surface area (Å²) in [5.41, 5.74) is 1.27. The molecule has 2 nitrogen and oxygen atoms in total. The van der Waals surface area contributed by atoms with E-state index in [0.717, 1.165) is 0 Å². The van der Waals surface area contributed by atoms with Crippen molar-refractivity contribution in [3.8, 4) is 0 Å². The average Bonchev–Trinajstić information content (AvgIpc) is 2.47. The van der Waals surface area contributed by atoms with Gasteiger partial charge in [0.15, 0.2) is 0 Å². The summed E-state index contributed by atoms with van der Waals surface area (Å²) in [4.78, 5) is 0. The predicted molar refractivity (Wildman–Crippen MR) is 37.9 cm³/mol. The fourth-order valence-electron chi connectivity index (χ4n) is 2.09. The largest absolute Gasteiger partial charge is 0.296 e. The van der Waals surface area contributed by atoms with Gasteiger partial charge < -0.3 is 0 Å². The van der Waals surface area contributed by atoms with Crippen LogP contribution in [0, 0.1) is 5.92 Å². The average molecular weight is 168 g/mol. The first-order valence-corrected chi connectivity index (χ1v) is 3.74. The van der Waals surface area contributed by atoms with Crippen molar-refractivity contribution in [3.63, 3.8) is 0 Å². The summed E-state index contributed by atoms with van der Waals surface area (Å²) in [5, 5.41) is 5.95. The molecular weight excluding hydrogens is 162 g/mol. The van der Waals surface area contributed by atoms with Crippen molar-refractivity contribution < 1.29 is 8.78 Å². The molecule has 1 aromatic rings. The summed E-state index contributed by atoms with van der Waals surface area (Å²) in [7, 11) is 0. The number of aromatic nitrogens is 2. The van der Waals surface area contributed by atoms with Gasteiger partial charge in [-0.1, -0.05) is 12.2 Å². The van der Waals surface area contributed by atoms with Gasteiger partial charge in [-0.25, -0.2) is 0 Å². The zero-order chi connectivity index (χ0) is 8.51. The molecule has 1 N–H and O–H groups in total. The number of halogens is 2. The summed E-state index contributed by atoms with van der Waals surface area (Å²) in [6.07, 6.45) is 1.48. The molecule has 0 bridgehead atoms. The van der Waals surface area contributed by atoms with Crippen molar-refractivity contribution in [2.24, 2.45) is 5.92 Å². The molecule has 62 valence electrons. The minimum atomic E-state index is -2.76. The first-order chi connectivity index (χ1) is 5.64. The Bertz CT molecular complexity index is 380. The molecule has 2 atom stereocenters. The number of allylic oxidation sites excluding steroid dienone is 1. The zero-order valence-corrected chi connectivity index (χ0v) is 6.14. The monoisotopic (exact) mass is 168 g/mol. The van der Waals surface area contributed by atoms with Crippen LogP contribution in [0.15, 0.2) is 18.3 Å². The standard InChI is InChI=1S/C8H6F2N2/c1-3-5-4-2-11-12-7(4)8(9,10)6(3)5/h2,5-6H,1H2,(H,11,12)/t5-,6-/m1/s1. The first kappa shape index (κ1) is 6.34. The highest BCUT2D eigenvalue weighted by molar-refractivity contribution is 5.54. The molecule has 0 unspecified atom stereocenters. The molecule has 0 aromatic carbocycles. The van der Waals surface area contributed by atoms with Crippen LogP contribution in [0.25, 0.3) is 0 Å². The molecule has 1 aromatic heterocycles. The topological polar surface area (TPSA) is 28.7 Å². The van der Waals surface area contributed by atoms with Crippen LogP contribution in [0.4, 0.5) is 8.78 Å². The Morgan fingerprint density at radius 1 is 1.58 bits per heavy atom. The number of nitrogens with zero attached hydrogens (tertiary/aromatic N) is 1. The highest BCUT2D eigenvalue weighted by Crippen LogP contribution is 2.69. The molecule has 3 rings (SSSR count). The van der Waals surface area contributed by atoms with E-state index in [1.165, 1.54) is 6.20 Å². The molecule has 12 heavy (non-hydrogen) atoms. The van der Waals surface area contributed by atoms with E-state index >= 15 is 0 Å². The number of hydrogen-bond donors (Lipinski definition) is 1. The van der Waals surface area contributed by atoms with Crippen LogP contribution in [0.2, 0.25) is 0 Å². The van der Waals surface area contributed by atoms with E-state index in [1.807, 2.05) is 0 Å². The summed E-state index contributed by atoms with van der Waals surface area (Å²) >= 11 is 0. The number of hydrogen-bond acceptors (Lipinski definition) is 1. The number of nitrogens with one attached hydrogen (secondary N) is 1. The first-order valence-electron chi connectivity index (χ1n) is 3.74. The van der Waals surface area contributed by atoms with Crippen LogP contribution in [0.3, 0.4) is 0 Å². The molecule has 1 fully saturated rings. The molecule has 0 amide bonds. The number of fused-ring (bicyclic) bond motifs is 3. The summed E-state index contributed by atoms with van der Waals surface area (Å²) < 4.78 is 26.6. The normalized spacial score (nSPS) is 34.7. The van der Waals surface area contributed by atoms with Gasteiger partial charge in [0.2, 0.25) is 0 Å². The number of H-pyrrole nitrogens is 1. The number of aromatic amines is 1. The summed E-state index contributed by atoms with van der Waals surface area (Å²) in [5.74, 6) is -3.54. The number of alkyl halides is 2. The molecule has 2 aliphatic rings. The second kappa shape index (κ2) is 1.46. The molecule has 1 saturated carbocycles. The third kappa shape index (κ3) is 0.443. The van der Waals surface area contributed by atoms with E-state index in [1.54, 1.807) is 0 Å². The molecule has 4 heteroatoms. The highest BCUT2D eigenvalue weighted by Gasteiger charge is 2.67. The van der Waals surface area contributed by atoms with Crippen molar-refractivity contribution in [2.45, 2.75) is 11.8 Å². The maximum atomic E-state index is 13.3. The Hall–Kier alpha value is -1.19. The Kier molecular flexibility index (Phi) is 0.773. The van der Waals surface area contributed by atoms with Gasteiger partial charge in [0, 0.05) is 11.5 Å². The van der Waals surface area contributed by atoms with E-state index in [0.29, 0.717) is 11.1 Å². The van der Waals surface area contributed by atoms with Gasteiger partial charge in [0.1, 0.15) is 5.69 Å². The Balaban J connectivity index is 2.27. The minimum Gasteiger partial charge on any atom is -0.276 e. The second-order valence-corrected chi connectivity index (χ2v) is 3.35. The Labute approximate surface area is 67.3 Å². The lowest BCUT2D eigenvalue weighted by molar-refractivity contribution is -0.0218. The third-order valence-electron chi connectivity index (χ3n) is 2.75. The van der Waals surface area contributed by atoms with Gasteiger partial charge in [-0.3, -0.25) is 5.10 Å². The van der Waals surface area contributed by atoms with E-state index in [2.05, 4.69) is 16.8 Å². The molecular formula is C8H6F2N2. The zero-order valence-electron chi connectivity index (χ0n) is 6.14. The van der Waals surface area contributed by atoms with Crippen LogP contribution in [-0.2, 0) is 5.92 Å². The van der Waals surface area contributed by atoms with Crippen LogP contribution < -0.4 is 0 Å². The van der Waals surface area contributed by atoms with Crippen LogP contribution in [-0.4, -0.2) is 10.2 Å². The molecule has 1 heterocycles. The lowest BCUT2D eigenvalue weighted by Gasteiger charge is -2.09. The van der Waals surface area contributed by atoms with Gasteiger partial charge >= 0.3 is 0 Å². The SMILES string of the molecule is C=C1[C@@H]2c3cn[nH]c3C(F)(F)[C@H]12. The smallest absolute Gasteiger partial charge is 0.276 e. The van der Waals surface area contributed by atoms with Gasteiger partial charge in [-0.15, -0.1) is 0 Å². The maximum Gasteiger partial charge on any atom is 0.296 e. The van der Waals surface area contributed by atoms with E-state index in [9.17, 15) is 8.78 Å². The van der Waals surface area contributed by atoms with Gasteiger partial charge in [-0.05, 0) is 0 Å². The minimum absolute atomic E-state index is 0.00935. The van der Waals surface area contributed by atoms with E-state index < -0.39 is 11.8 Å². The van der Waals surface area contributed by atoms with Crippen LogP contribution >= 0.6 is 0 Å². The molecule has 2 aliphatic carbocycles. The Morgan fingerprint density at radius 3 is 3.08 bits per heavy atom. The van der Waals surface area contributed by atoms with Gasteiger partial charge in [0.25, 0.3) is 5.92 Å². The predicted octanol–water partition coefficient (Wildman–Crippen LogP) is 1.78. The van der Waals surface area contributed by atoms with E-state index in [4.69, 9.17) is 0 Å². The third-order valence-corrected chi connectivity index (χ3v) is 2.75. The van der Waals surface area contributed by atoms with Gasteiger partial charge in [-0.2, -0.15) is 13.9 Å². The summed E-state index contributed by atoms with van der Waals surface area (Å²) in [6, 6.07) is 0. The van der Waals surface area contributed by atoms with Crippen molar-refractivity contribution in [2.75, 3.05) is 0 Å². The quantitative estimate of drug-likeness (QED) is 0.588. The summed E-state index contributed by atoms with van der Waals surface area (Å²) in [6.45, 7) is 3.60. The van der Waals surface area contributed by atoms with Crippen LogP contribution in [0.5, 0.6) is 0 Å². The lowest BCUT2D eigenvalue weighted by atomic mass is 10.1. The lowest BCUT2D eigenvalue weighted by Crippen LogP contribution is -2.14. The molecule has 0 aliphatic heterocycles. The highest BCUT2D eigenvalue weighted by atomic mass is 19.3. The second-order valence-electron chi connectivity index (χ2n) is 3.35. The van der Waals surface area contributed by atoms with Crippen molar-refractivity contribution >= 4 is 0 Å². The van der Waals surface area contributed by atoms with Gasteiger partial charge in [0.05, 0.1) is 12.1 Å². The van der Waals surface area contributed by atoms with Crippen molar-refractivity contribution in [3.05, 3.63) is 29.6 Å². The molecule has 0 radical (unpaired) electrons. The maximum absolute atomic E-state index is 13.3. The van der Waals surface area contributed by atoms with E-state index in [-0.39, 0.29) is 11.6 Å². The molecule has 0 saturated heterocycles. The fraction of sp³-hybridized carbons (Fsp3) is 0.375.